The molecule has 6 heteroatoms. The van der Waals surface area contributed by atoms with Crippen molar-refractivity contribution < 1.29 is 0 Å². The van der Waals surface area contributed by atoms with Gasteiger partial charge in [-0.1, -0.05) is 63.4 Å². The monoisotopic (exact) mass is 301 g/mol. The van der Waals surface area contributed by atoms with E-state index in [9.17, 15) is 0 Å². The minimum Gasteiger partial charge on any atom is -0.350 e. The second-order valence-corrected chi connectivity index (χ2v) is 10.5. The molecule has 114 valence electrons. The Morgan fingerprint density at radius 3 is 1.65 bits per heavy atom. The van der Waals surface area contributed by atoms with Crippen molar-refractivity contribution in [1.29, 1.82) is 0 Å². The van der Waals surface area contributed by atoms with Crippen molar-refractivity contribution in [3.63, 3.8) is 0 Å². The van der Waals surface area contributed by atoms with Crippen LogP contribution in [0.1, 0.15) is 44.6 Å². The number of rotatable bonds is 6. The van der Waals surface area contributed by atoms with Crippen LogP contribution >= 0.6 is 0 Å². The first-order chi connectivity index (χ1) is 5.20. The van der Waals surface area contributed by atoms with Gasteiger partial charge in [-0.3, -0.25) is 0 Å². The third kappa shape index (κ3) is 31.4. The van der Waals surface area contributed by atoms with Crippen molar-refractivity contribution in [1.82, 2.24) is 14.3 Å². The Kier molecular flexibility index (Phi) is 76.2. The Morgan fingerprint density at radius 2 is 1.41 bits per heavy atom. The summed E-state index contributed by atoms with van der Waals surface area (Å²) in [6.07, 6.45) is 0. The van der Waals surface area contributed by atoms with Crippen molar-refractivity contribution in [3.8, 4) is 0 Å². The van der Waals surface area contributed by atoms with E-state index in [1.54, 1.807) is 0 Å². The first-order valence-corrected chi connectivity index (χ1v) is 10.1. The largest absolute Gasteiger partial charge is 0.350 e. The van der Waals surface area contributed by atoms with Crippen LogP contribution in [0.3, 0.4) is 0 Å². The molecule has 0 aliphatic carbocycles. The Hall–Kier alpha value is 0.271. The first kappa shape index (κ1) is 43.3. The lowest BCUT2D eigenvalue weighted by Crippen LogP contribution is -2.54. The summed E-state index contributed by atoms with van der Waals surface area (Å²) in [7, 11) is 0.191. The van der Waals surface area contributed by atoms with E-state index < -0.39 is 18.1 Å². The van der Waals surface area contributed by atoms with Gasteiger partial charge in [-0.15, -0.1) is 6.58 Å². The van der Waals surface area contributed by atoms with Gasteiger partial charge in [0.2, 0.25) is 0 Å². The molecule has 0 aromatic carbocycles. The van der Waals surface area contributed by atoms with Crippen molar-refractivity contribution in [2.24, 2.45) is 0 Å². The molecule has 0 aromatic heterocycles. The molecule has 17 heavy (non-hydrogen) atoms. The fraction of sp³-hybridized carbons (Fsp3) is 0.818. The van der Waals surface area contributed by atoms with Gasteiger partial charge in [0.1, 0.15) is 0 Å². The summed E-state index contributed by atoms with van der Waals surface area (Å²) in [6.45, 7) is 8.42. The fourth-order valence-electron chi connectivity index (χ4n) is 0.781. The third-order valence-corrected chi connectivity index (χ3v) is 8.75. The molecule has 3 N–H and O–H groups in total. The van der Waals surface area contributed by atoms with Crippen LogP contribution in [-0.4, -0.2) is 35.0 Å². The quantitative estimate of drug-likeness (QED) is 0.658. The van der Waals surface area contributed by atoms with E-state index in [-0.39, 0.29) is 54.4 Å². The normalized spacial score (nSPS) is 9.41. The van der Waals surface area contributed by atoms with Crippen LogP contribution in [-0.2, 0) is 0 Å². The van der Waals surface area contributed by atoms with Gasteiger partial charge in [0.15, 0.2) is 19.0 Å². The maximum absolute atomic E-state index is 3.82. The smallest absolute Gasteiger partial charge is 0.196 e. The molecule has 0 rings (SSSR count). The summed E-state index contributed by atoms with van der Waals surface area (Å²) in [4.78, 5) is 3.20. The van der Waals surface area contributed by atoms with E-state index in [1.165, 1.54) is 0 Å². The van der Waals surface area contributed by atoms with Crippen LogP contribution in [0.4, 0.5) is 0 Å². The van der Waals surface area contributed by atoms with Gasteiger partial charge in [-0.05, 0) is 7.05 Å². The molecule has 0 saturated carbocycles. The lowest BCUT2D eigenvalue weighted by Gasteiger charge is -2.16. The van der Waals surface area contributed by atoms with Gasteiger partial charge in [0, 0.05) is 0 Å². The van der Waals surface area contributed by atoms with Crippen molar-refractivity contribution in [2.75, 3.05) is 7.05 Å². The van der Waals surface area contributed by atoms with E-state index in [0.29, 0.717) is 0 Å². The highest BCUT2D eigenvalue weighted by Crippen LogP contribution is 1.75. The predicted octanol–water partition coefficient (Wildman–Crippen LogP) is 2.13. The summed E-state index contributed by atoms with van der Waals surface area (Å²) in [5.41, 5.74) is 2.07. The van der Waals surface area contributed by atoms with Crippen LogP contribution in [0.5, 0.6) is 0 Å². The van der Waals surface area contributed by atoms with E-state index in [4.69, 9.17) is 0 Å². The van der Waals surface area contributed by atoms with Gasteiger partial charge in [0.25, 0.3) is 0 Å². The first-order valence-electron chi connectivity index (χ1n) is 3.97. The Labute approximate surface area is 119 Å². The molecule has 0 fully saturated rings. The average molecular weight is 302 g/mol. The van der Waals surface area contributed by atoms with Crippen LogP contribution in [0.25, 0.3) is 0 Å². The molecule has 0 bridgehead atoms. The summed E-state index contributed by atoms with van der Waals surface area (Å²) in [5.74, 6) is 0. The van der Waals surface area contributed by atoms with E-state index in [0.717, 1.165) is 0 Å². The zero-order valence-electron chi connectivity index (χ0n) is 7.65. The summed E-state index contributed by atoms with van der Waals surface area (Å²) < 4.78 is 7.13. The second kappa shape index (κ2) is 29.9. The molecule has 3 nitrogen and oxygen atoms in total. The molecule has 0 amide bonds. The van der Waals surface area contributed by atoms with Crippen molar-refractivity contribution in [3.05, 3.63) is 12.3 Å². The van der Waals surface area contributed by atoms with Crippen LogP contribution in [0.2, 0.25) is 13.1 Å². The average Bonchev–Trinajstić information content (AvgIpc) is 1.97. The summed E-state index contributed by atoms with van der Waals surface area (Å²) >= 11 is 0. The van der Waals surface area contributed by atoms with Crippen LogP contribution < -0.4 is 14.3 Å². The third-order valence-electron chi connectivity index (χ3n) is 1.25. The molecule has 0 radical (unpaired) electrons. The molecule has 1 unspecified atom stereocenters. The minimum atomic E-state index is -0.964. The highest BCUT2D eigenvalue weighted by Gasteiger charge is 2.05. The number of hydrogen-bond donors (Lipinski definition) is 3. The van der Waals surface area contributed by atoms with Crippen LogP contribution in [0, 0.1) is 0 Å². The molecular weight excluding hydrogens is 258 g/mol. The van der Waals surface area contributed by atoms with E-state index >= 15 is 0 Å². The van der Waals surface area contributed by atoms with Gasteiger partial charge >= 0.3 is 0 Å². The van der Waals surface area contributed by atoms with Crippen molar-refractivity contribution >= 4 is 27.9 Å². The lowest BCUT2D eigenvalue weighted by atomic mass is 11.3. The second-order valence-electron chi connectivity index (χ2n) is 2.77. The summed E-state index contributed by atoms with van der Waals surface area (Å²) in [5, 5.41) is 0. The Morgan fingerprint density at radius 1 is 1.00 bits per heavy atom. The minimum absolute atomic E-state index is 0. The molecular formula is C11H43N3Si3. The molecule has 0 heterocycles. The maximum Gasteiger partial charge on any atom is 0.196 e. The SMILES string of the molecule is C.C.C.C.C.C.C=C[SiH](N[SiH2]NC)N[SiH](C)C. The predicted molar refractivity (Wildman–Crippen MR) is 100 cm³/mol. The fourth-order valence-corrected chi connectivity index (χ4v) is 8.09. The van der Waals surface area contributed by atoms with E-state index in [2.05, 4.69) is 39.7 Å². The molecule has 0 aromatic rings. The molecule has 0 spiro atoms. The van der Waals surface area contributed by atoms with Crippen molar-refractivity contribution in [2.45, 2.75) is 57.7 Å². The topological polar surface area (TPSA) is 36.1 Å². The Balaban J connectivity index is -0.0000000333. The van der Waals surface area contributed by atoms with Gasteiger partial charge in [-0.25, -0.2) is 0 Å². The Bertz CT molecular complexity index is 114. The van der Waals surface area contributed by atoms with Gasteiger partial charge in [0.05, 0.1) is 8.96 Å². The highest BCUT2D eigenvalue weighted by molar-refractivity contribution is 6.76. The highest BCUT2D eigenvalue weighted by atomic mass is 28.4. The van der Waals surface area contributed by atoms with Gasteiger partial charge < -0.3 is 14.3 Å². The maximum atomic E-state index is 3.82. The molecule has 0 aliphatic heterocycles. The van der Waals surface area contributed by atoms with Gasteiger partial charge in [-0.2, -0.15) is 0 Å². The summed E-state index contributed by atoms with van der Waals surface area (Å²) in [6, 6.07) is 0. The lowest BCUT2D eigenvalue weighted by molar-refractivity contribution is 1.19. The van der Waals surface area contributed by atoms with E-state index in [1.807, 2.05) is 7.05 Å². The zero-order chi connectivity index (χ0) is 8.69. The molecule has 0 saturated heterocycles. The molecule has 1 atom stereocenters. The zero-order valence-corrected chi connectivity index (χ0v) is 11.4. The molecule has 0 aliphatic rings. The number of hydrogen-bond acceptors (Lipinski definition) is 3. The standard InChI is InChI=1S/C5H19N3Si3.6CH4/c1-5-11(7-9-6-2)8-10(3)4;;;;;;/h5-8,10-11H,1,9H2,2-4H3;6*1H4. The van der Waals surface area contributed by atoms with Crippen LogP contribution in [0.15, 0.2) is 12.3 Å². The number of nitrogens with one attached hydrogen (secondary N) is 3.